The summed E-state index contributed by atoms with van der Waals surface area (Å²) in [6.07, 6.45) is -4.64. The summed E-state index contributed by atoms with van der Waals surface area (Å²) in [7, 11) is 0. The average Bonchev–Trinajstić information content (AvgIpc) is 2.87. The van der Waals surface area contributed by atoms with Gasteiger partial charge in [0, 0.05) is 0 Å². The number of nitrogens with zero attached hydrogens (tertiary/aromatic N) is 2. The SMILES string of the molecule is FC(F)(F)c1nc(-c2ccc3c(c2)C[O][Sn][O]3)no1. The van der Waals surface area contributed by atoms with E-state index in [1.807, 2.05) is 0 Å². The second kappa shape index (κ2) is 4.67. The molecule has 5 nitrogen and oxygen atoms in total. The maximum atomic E-state index is 12.4. The Bertz CT molecular complexity index is 614. The topological polar surface area (TPSA) is 57.4 Å². The van der Waals surface area contributed by atoms with Gasteiger partial charge in [-0.1, -0.05) is 0 Å². The fourth-order valence-electron chi connectivity index (χ4n) is 1.57. The number of rotatable bonds is 1. The zero-order chi connectivity index (χ0) is 13.5. The van der Waals surface area contributed by atoms with E-state index in [0.29, 0.717) is 17.9 Å². The fraction of sp³-hybridized carbons (Fsp3) is 0.200. The fourth-order valence-corrected chi connectivity index (χ4v) is 3.17. The third kappa shape index (κ3) is 2.54. The molecule has 1 aliphatic heterocycles. The van der Waals surface area contributed by atoms with Crippen molar-refractivity contribution in [3.8, 4) is 17.1 Å². The monoisotopic (exact) mass is 378 g/mol. The van der Waals surface area contributed by atoms with Gasteiger partial charge in [-0.3, -0.25) is 0 Å². The summed E-state index contributed by atoms with van der Waals surface area (Å²) in [4.78, 5) is 3.33. The molecule has 1 aliphatic rings. The van der Waals surface area contributed by atoms with Crippen LogP contribution in [0.15, 0.2) is 22.7 Å². The molecule has 0 amide bonds. The molecular weight excluding hydrogens is 372 g/mol. The third-order valence-electron chi connectivity index (χ3n) is 2.43. The molecule has 0 spiro atoms. The van der Waals surface area contributed by atoms with Gasteiger partial charge in [0.05, 0.1) is 0 Å². The van der Waals surface area contributed by atoms with Crippen molar-refractivity contribution in [2.24, 2.45) is 0 Å². The van der Waals surface area contributed by atoms with E-state index in [1.54, 1.807) is 18.2 Å². The van der Waals surface area contributed by atoms with Gasteiger partial charge in [-0.25, -0.2) is 0 Å². The molecule has 9 heteroatoms. The van der Waals surface area contributed by atoms with Crippen LogP contribution in [0.4, 0.5) is 13.2 Å². The first-order valence-electron chi connectivity index (χ1n) is 5.12. The van der Waals surface area contributed by atoms with Crippen LogP contribution in [0.3, 0.4) is 0 Å². The molecule has 19 heavy (non-hydrogen) atoms. The van der Waals surface area contributed by atoms with Crippen molar-refractivity contribution in [2.75, 3.05) is 0 Å². The Hall–Kier alpha value is -1.29. The van der Waals surface area contributed by atoms with E-state index < -0.39 is 34.0 Å². The summed E-state index contributed by atoms with van der Waals surface area (Å²) >= 11 is -1.25. The number of fused-ring (bicyclic) bond motifs is 1. The van der Waals surface area contributed by atoms with Gasteiger partial charge in [-0.2, -0.15) is 0 Å². The van der Waals surface area contributed by atoms with Gasteiger partial charge in [-0.05, 0) is 0 Å². The van der Waals surface area contributed by atoms with Gasteiger partial charge in [0.1, 0.15) is 0 Å². The molecule has 0 bridgehead atoms. The van der Waals surface area contributed by atoms with Crippen molar-refractivity contribution in [1.82, 2.24) is 10.1 Å². The van der Waals surface area contributed by atoms with Crippen LogP contribution in [0.1, 0.15) is 11.5 Å². The first kappa shape index (κ1) is 12.7. The molecule has 0 atom stereocenters. The van der Waals surface area contributed by atoms with Gasteiger partial charge >= 0.3 is 116 Å². The first-order valence-corrected chi connectivity index (χ1v) is 7.45. The van der Waals surface area contributed by atoms with Gasteiger partial charge in [0.15, 0.2) is 0 Å². The average molecular weight is 377 g/mol. The van der Waals surface area contributed by atoms with Gasteiger partial charge in [-0.15, -0.1) is 0 Å². The van der Waals surface area contributed by atoms with Crippen LogP contribution >= 0.6 is 0 Å². The van der Waals surface area contributed by atoms with E-state index in [-0.39, 0.29) is 5.82 Å². The van der Waals surface area contributed by atoms with Gasteiger partial charge in [0.2, 0.25) is 0 Å². The van der Waals surface area contributed by atoms with Crippen LogP contribution in [-0.4, -0.2) is 32.1 Å². The molecule has 98 valence electrons. The summed E-state index contributed by atoms with van der Waals surface area (Å²) in [6, 6.07) is 4.91. The zero-order valence-electron chi connectivity index (χ0n) is 9.19. The predicted octanol–water partition coefficient (Wildman–Crippen LogP) is 2.20. The van der Waals surface area contributed by atoms with Crippen molar-refractivity contribution in [1.29, 1.82) is 0 Å². The standard InChI is InChI=1S/C10H6F3N2O3.Sn/c11-10(12,13)9-14-8(15-18-9)5-1-2-7(17)6(3-5)4-16;/h1-3,17H,4H2;/q-1;+2/p-1. The van der Waals surface area contributed by atoms with Gasteiger partial charge < -0.3 is 0 Å². The van der Waals surface area contributed by atoms with Crippen LogP contribution in [0, 0.1) is 0 Å². The first-order chi connectivity index (χ1) is 9.04. The van der Waals surface area contributed by atoms with Crippen LogP contribution in [0.25, 0.3) is 11.4 Å². The summed E-state index contributed by atoms with van der Waals surface area (Å²) < 4.78 is 51.9. The molecule has 0 fully saturated rings. The normalized spacial score (nSPS) is 14.9. The maximum absolute atomic E-state index is 12.4. The number of halogens is 3. The molecule has 0 unspecified atom stereocenters. The van der Waals surface area contributed by atoms with Crippen LogP contribution in [-0.2, 0) is 15.9 Å². The van der Waals surface area contributed by atoms with Crippen molar-refractivity contribution in [3.63, 3.8) is 0 Å². The summed E-state index contributed by atoms with van der Waals surface area (Å²) in [6.45, 7) is 0.402. The molecule has 2 heterocycles. The predicted molar refractivity (Wildman–Crippen MR) is 55.9 cm³/mol. The number of alkyl halides is 3. The van der Waals surface area contributed by atoms with Crippen LogP contribution in [0.5, 0.6) is 5.75 Å². The minimum absolute atomic E-state index is 0.110. The van der Waals surface area contributed by atoms with E-state index in [0.717, 1.165) is 5.56 Å². The van der Waals surface area contributed by atoms with E-state index in [4.69, 9.17) is 6.15 Å². The second-order valence-electron chi connectivity index (χ2n) is 3.72. The van der Waals surface area contributed by atoms with Crippen LogP contribution in [0.2, 0.25) is 0 Å². The molecule has 1 aromatic heterocycles. The molecule has 0 aliphatic carbocycles. The van der Waals surface area contributed by atoms with Crippen molar-refractivity contribution in [3.05, 3.63) is 29.7 Å². The van der Waals surface area contributed by atoms with E-state index in [9.17, 15) is 13.2 Å². The second-order valence-corrected chi connectivity index (χ2v) is 5.60. The van der Waals surface area contributed by atoms with Crippen molar-refractivity contribution >= 4 is 22.0 Å². The molecule has 2 aromatic rings. The summed E-state index contributed by atoms with van der Waals surface area (Å²) in [5.41, 5.74) is 1.19. The van der Waals surface area contributed by atoms with Crippen molar-refractivity contribution < 1.29 is 23.8 Å². The molecule has 3 rings (SSSR count). The van der Waals surface area contributed by atoms with E-state index in [2.05, 4.69) is 14.7 Å². The Morgan fingerprint density at radius 1 is 1.26 bits per heavy atom. The molecule has 0 saturated heterocycles. The van der Waals surface area contributed by atoms with E-state index >= 15 is 0 Å². The molecule has 2 radical (unpaired) electrons. The summed E-state index contributed by atoms with van der Waals surface area (Å²) in [5.74, 6) is -0.761. The quantitative estimate of drug-likeness (QED) is 0.714. The molecule has 1 aromatic carbocycles. The van der Waals surface area contributed by atoms with Gasteiger partial charge in [0.25, 0.3) is 0 Å². The van der Waals surface area contributed by atoms with E-state index in [1.165, 1.54) is 0 Å². The number of aromatic nitrogens is 2. The molecular formula is C10H5F3N2O3Sn. The Balaban J connectivity index is 1.96. The van der Waals surface area contributed by atoms with Crippen LogP contribution < -0.4 is 3.07 Å². The number of benzene rings is 1. The van der Waals surface area contributed by atoms with Crippen molar-refractivity contribution in [2.45, 2.75) is 12.8 Å². The minimum atomic E-state index is -4.64. The number of hydrogen-bond donors (Lipinski definition) is 0. The third-order valence-corrected chi connectivity index (χ3v) is 4.04. The Labute approximate surface area is 116 Å². The molecule has 0 saturated carbocycles. The summed E-state index contributed by atoms with van der Waals surface area (Å²) in [5, 5.41) is 3.32. The number of hydrogen-bond acceptors (Lipinski definition) is 5. The Morgan fingerprint density at radius 2 is 2.11 bits per heavy atom. The zero-order valence-corrected chi connectivity index (χ0v) is 12.0. The molecule has 0 N–H and O–H groups in total. The Morgan fingerprint density at radius 3 is 2.84 bits per heavy atom. The Kier molecular flexibility index (Phi) is 3.13.